The van der Waals surface area contributed by atoms with Crippen molar-refractivity contribution in [2.24, 2.45) is 0 Å². The smallest absolute Gasteiger partial charge is 0.136 e. The first-order valence-electron chi connectivity index (χ1n) is 7.62. The summed E-state index contributed by atoms with van der Waals surface area (Å²) in [6.45, 7) is 4.60. The summed E-state index contributed by atoms with van der Waals surface area (Å²) in [7, 11) is 0. The van der Waals surface area contributed by atoms with Gasteiger partial charge in [-0.15, -0.1) is 0 Å². The normalized spacial score (nSPS) is 10.5. The van der Waals surface area contributed by atoms with Crippen LogP contribution in [0.4, 0.5) is 17.3 Å². The van der Waals surface area contributed by atoms with Gasteiger partial charge in [-0.3, -0.25) is 4.98 Å². The van der Waals surface area contributed by atoms with E-state index < -0.39 is 0 Å². The fourth-order valence-electron chi connectivity index (χ4n) is 2.28. The van der Waals surface area contributed by atoms with Crippen LogP contribution in [0.2, 0.25) is 0 Å². The van der Waals surface area contributed by atoms with Crippen molar-refractivity contribution in [1.82, 2.24) is 15.0 Å². The molecule has 6 heteroatoms. The van der Waals surface area contributed by atoms with Gasteiger partial charge in [0.15, 0.2) is 0 Å². The molecule has 0 aliphatic carbocycles. The first-order chi connectivity index (χ1) is 11.6. The summed E-state index contributed by atoms with van der Waals surface area (Å²) in [5.74, 6) is 2.23. The van der Waals surface area contributed by atoms with E-state index in [1.54, 1.807) is 6.20 Å². The summed E-state index contributed by atoms with van der Waals surface area (Å²) in [4.78, 5) is 13.0. The molecular formula is C18H18BrN5. The van der Waals surface area contributed by atoms with Crippen LogP contribution in [-0.2, 0) is 6.54 Å². The van der Waals surface area contributed by atoms with Gasteiger partial charge in [-0.05, 0) is 59.1 Å². The summed E-state index contributed by atoms with van der Waals surface area (Å²) in [5, 5.41) is 6.64. The minimum atomic E-state index is 0.665. The van der Waals surface area contributed by atoms with Gasteiger partial charge in [0.1, 0.15) is 17.5 Å². The van der Waals surface area contributed by atoms with Gasteiger partial charge in [-0.1, -0.05) is 12.1 Å². The molecule has 2 N–H and O–H groups in total. The van der Waals surface area contributed by atoms with E-state index in [0.717, 1.165) is 27.4 Å². The standard InChI is InChI=1S/C18H18BrN5/c1-12-5-6-16(15(19)8-12)24-18-9-17(22-13(2)23-18)21-11-14-4-3-7-20-10-14/h3-10H,11H2,1-2H3,(H2,21,22,23,24). The molecule has 0 amide bonds. The van der Waals surface area contributed by atoms with Crippen LogP contribution in [0.5, 0.6) is 0 Å². The third kappa shape index (κ3) is 4.29. The topological polar surface area (TPSA) is 62.7 Å². The summed E-state index contributed by atoms with van der Waals surface area (Å²) in [6.07, 6.45) is 3.60. The largest absolute Gasteiger partial charge is 0.366 e. The minimum Gasteiger partial charge on any atom is -0.366 e. The zero-order chi connectivity index (χ0) is 16.9. The van der Waals surface area contributed by atoms with Gasteiger partial charge in [0.2, 0.25) is 0 Å². The Morgan fingerprint density at radius 3 is 2.62 bits per heavy atom. The first-order valence-corrected chi connectivity index (χ1v) is 8.41. The Morgan fingerprint density at radius 1 is 1.04 bits per heavy atom. The third-order valence-corrected chi connectivity index (χ3v) is 4.08. The Kier molecular flexibility index (Phi) is 5.05. The van der Waals surface area contributed by atoms with Gasteiger partial charge >= 0.3 is 0 Å². The Hall–Kier alpha value is -2.47. The monoisotopic (exact) mass is 383 g/mol. The van der Waals surface area contributed by atoms with Gasteiger partial charge in [0.25, 0.3) is 0 Å². The van der Waals surface area contributed by atoms with Crippen LogP contribution in [0.1, 0.15) is 17.0 Å². The highest BCUT2D eigenvalue weighted by Crippen LogP contribution is 2.26. The summed E-state index contributed by atoms with van der Waals surface area (Å²) < 4.78 is 1.00. The molecule has 2 heterocycles. The molecule has 0 aliphatic heterocycles. The van der Waals surface area contributed by atoms with E-state index in [4.69, 9.17) is 0 Å². The number of hydrogen-bond acceptors (Lipinski definition) is 5. The molecule has 1 aromatic carbocycles. The van der Waals surface area contributed by atoms with E-state index in [9.17, 15) is 0 Å². The SMILES string of the molecule is Cc1ccc(Nc2cc(NCc3cccnc3)nc(C)n2)c(Br)c1. The average Bonchev–Trinajstić information content (AvgIpc) is 2.56. The Balaban J connectivity index is 1.76. The molecule has 2 aromatic heterocycles. The number of pyridine rings is 1. The summed E-state index contributed by atoms with van der Waals surface area (Å²) >= 11 is 3.57. The number of hydrogen-bond donors (Lipinski definition) is 2. The lowest BCUT2D eigenvalue weighted by Gasteiger charge is -2.11. The second kappa shape index (κ2) is 7.40. The van der Waals surface area contributed by atoms with Crippen molar-refractivity contribution >= 4 is 33.3 Å². The Morgan fingerprint density at radius 2 is 1.88 bits per heavy atom. The fraction of sp³-hybridized carbons (Fsp3) is 0.167. The number of benzene rings is 1. The lowest BCUT2D eigenvalue weighted by molar-refractivity contribution is 1.02. The molecule has 0 radical (unpaired) electrons. The lowest BCUT2D eigenvalue weighted by Crippen LogP contribution is -2.05. The number of rotatable bonds is 5. The lowest BCUT2D eigenvalue weighted by atomic mass is 10.2. The summed E-state index contributed by atoms with van der Waals surface area (Å²) in [6, 6.07) is 12.0. The van der Waals surface area contributed by atoms with Crippen molar-refractivity contribution in [1.29, 1.82) is 0 Å². The van der Waals surface area contributed by atoms with Crippen LogP contribution in [0.15, 0.2) is 53.3 Å². The average molecular weight is 384 g/mol. The molecule has 3 aromatic rings. The highest BCUT2D eigenvalue weighted by molar-refractivity contribution is 9.10. The van der Waals surface area contributed by atoms with E-state index >= 15 is 0 Å². The van der Waals surface area contributed by atoms with Crippen molar-refractivity contribution in [2.75, 3.05) is 10.6 Å². The number of nitrogens with zero attached hydrogens (tertiary/aromatic N) is 3. The number of anilines is 3. The first kappa shape index (κ1) is 16.4. The van der Waals surface area contributed by atoms with Crippen LogP contribution in [0.25, 0.3) is 0 Å². The molecule has 0 spiro atoms. The number of aromatic nitrogens is 3. The molecule has 0 aliphatic rings. The minimum absolute atomic E-state index is 0.665. The molecule has 122 valence electrons. The fourth-order valence-corrected chi connectivity index (χ4v) is 2.87. The van der Waals surface area contributed by atoms with Crippen molar-refractivity contribution < 1.29 is 0 Å². The Bertz CT molecular complexity index is 836. The second-order valence-corrected chi connectivity index (χ2v) is 6.36. The van der Waals surface area contributed by atoms with Gasteiger partial charge in [0, 0.05) is 29.5 Å². The Labute approximate surface area is 149 Å². The second-order valence-electron chi connectivity index (χ2n) is 5.51. The van der Waals surface area contributed by atoms with E-state index in [2.05, 4.69) is 60.6 Å². The van der Waals surface area contributed by atoms with E-state index in [1.165, 1.54) is 5.56 Å². The van der Waals surface area contributed by atoms with E-state index in [1.807, 2.05) is 37.4 Å². The van der Waals surface area contributed by atoms with E-state index in [0.29, 0.717) is 12.4 Å². The molecule has 5 nitrogen and oxygen atoms in total. The maximum Gasteiger partial charge on any atom is 0.136 e. The predicted octanol–water partition coefficient (Wildman–Crippen LogP) is 4.61. The van der Waals surface area contributed by atoms with Gasteiger partial charge in [-0.25, -0.2) is 9.97 Å². The van der Waals surface area contributed by atoms with Crippen molar-refractivity contribution in [3.8, 4) is 0 Å². The summed E-state index contributed by atoms with van der Waals surface area (Å²) in [5.41, 5.74) is 3.27. The molecule has 0 unspecified atom stereocenters. The van der Waals surface area contributed by atoms with Gasteiger partial charge in [0.05, 0.1) is 5.69 Å². The molecule has 0 saturated heterocycles. The van der Waals surface area contributed by atoms with Crippen LogP contribution >= 0.6 is 15.9 Å². The van der Waals surface area contributed by atoms with Gasteiger partial charge in [-0.2, -0.15) is 0 Å². The molecule has 24 heavy (non-hydrogen) atoms. The van der Waals surface area contributed by atoms with Crippen molar-refractivity contribution in [2.45, 2.75) is 20.4 Å². The van der Waals surface area contributed by atoms with Crippen LogP contribution in [0, 0.1) is 13.8 Å². The third-order valence-electron chi connectivity index (χ3n) is 3.42. The van der Waals surface area contributed by atoms with Crippen molar-refractivity contribution in [3.05, 3.63) is 70.2 Å². The molecule has 0 saturated carbocycles. The maximum absolute atomic E-state index is 4.45. The number of halogens is 1. The predicted molar refractivity (Wildman–Crippen MR) is 100 cm³/mol. The van der Waals surface area contributed by atoms with Gasteiger partial charge < -0.3 is 10.6 Å². The molecule has 0 fully saturated rings. The highest BCUT2D eigenvalue weighted by atomic mass is 79.9. The quantitative estimate of drug-likeness (QED) is 0.673. The number of aryl methyl sites for hydroxylation is 2. The molecule has 0 atom stereocenters. The maximum atomic E-state index is 4.45. The highest BCUT2D eigenvalue weighted by Gasteiger charge is 2.05. The van der Waals surface area contributed by atoms with Crippen LogP contribution in [-0.4, -0.2) is 15.0 Å². The number of nitrogens with one attached hydrogen (secondary N) is 2. The zero-order valence-electron chi connectivity index (χ0n) is 13.5. The zero-order valence-corrected chi connectivity index (χ0v) is 15.1. The molecule has 3 rings (SSSR count). The van der Waals surface area contributed by atoms with Crippen LogP contribution < -0.4 is 10.6 Å². The van der Waals surface area contributed by atoms with E-state index in [-0.39, 0.29) is 0 Å². The van der Waals surface area contributed by atoms with Crippen molar-refractivity contribution in [3.63, 3.8) is 0 Å². The van der Waals surface area contributed by atoms with Crippen LogP contribution in [0.3, 0.4) is 0 Å². The molecule has 0 bridgehead atoms. The molecular weight excluding hydrogens is 366 g/mol.